The number of unbranched alkanes of at least 4 members (excludes halogenated alkanes) is 1. The Bertz CT molecular complexity index is 739. The predicted octanol–water partition coefficient (Wildman–Crippen LogP) is 2.28. The van der Waals surface area contributed by atoms with Crippen LogP contribution in [0.1, 0.15) is 25.7 Å². The van der Waals surface area contributed by atoms with E-state index in [1.54, 1.807) is 12.0 Å². The van der Waals surface area contributed by atoms with Gasteiger partial charge in [-0.3, -0.25) is 9.69 Å². The van der Waals surface area contributed by atoms with Crippen LogP contribution in [0.4, 0.5) is 10.5 Å². The maximum Gasteiger partial charge on any atom is 0.321 e. The second-order valence-corrected chi connectivity index (χ2v) is 8.58. The Balaban J connectivity index is 1.22. The van der Waals surface area contributed by atoms with E-state index in [1.807, 2.05) is 36.2 Å². The molecule has 3 rings (SSSR count). The number of urea groups is 1. The average Bonchev–Trinajstić information content (AvgIpc) is 2.83. The summed E-state index contributed by atoms with van der Waals surface area (Å²) in [6, 6.07) is 7.64. The summed E-state index contributed by atoms with van der Waals surface area (Å²) in [6.07, 6.45) is 3.57. The lowest BCUT2D eigenvalue weighted by Gasteiger charge is -2.41. The number of nitrogens with one attached hydrogen (secondary N) is 1. The van der Waals surface area contributed by atoms with Crippen molar-refractivity contribution >= 4 is 17.6 Å². The van der Waals surface area contributed by atoms with Gasteiger partial charge >= 0.3 is 6.03 Å². The van der Waals surface area contributed by atoms with Crippen LogP contribution < -0.4 is 10.1 Å². The van der Waals surface area contributed by atoms with Gasteiger partial charge in [-0.25, -0.2) is 4.79 Å². The van der Waals surface area contributed by atoms with E-state index >= 15 is 0 Å². The first-order valence-electron chi connectivity index (χ1n) is 11.9. The van der Waals surface area contributed by atoms with Gasteiger partial charge < -0.3 is 29.3 Å². The van der Waals surface area contributed by atoms with Crippen molar-refractivity contribution in [3.05, 3.63) is 24.3 Å². The summed E-state index contributed by atoms with van der Waals surface area (Å²) in [7, 11) is 3.43. The number of ether oxygens (including phenoxy) is 3. The zero-order chi connectivity index (χ0) is 23.5. The number of rotatable bonds is 12. The topological polar surface area (TPSA) is 83.6 Å². The van der Waals surface area contributed by atoms with Gasteiger partial charge in [0, 0.05) is 45.0 Å². The van der Waals surface area contributed by atoms with Crippen LogP contribution in [0.15, 0.2) is 24.3 Å². The molecule has 33 heavy (non-hydrogen) atoms. The summed E-state index contributed by atoms with van der Waals surface area (Å²) < 4.78 is 16.2. The normalized spacial score (nSPS) is 18.5. The molecule has 1 N–H and O–H groups in total. The van der Waals surface area contributed by atoms with E-state index in [0.29, 0.717) is 58.5 Å². The molecule has 2 aliphatic heterocycles. The number of hydrogen-bond acceptors (Lipinski definition) is 6. The maximum atomic E-state index is 12.3. The zero-order valence-corrected chi connectivity index (χ0v) is 20.0. The second kappa shape index (κ2) is 13.4. The number of amides is 3. The molecule has 0 bridgehead atoms. The van der Waals surface area contributed by atoms with Crippen LogP contribution in [0, 0.1) is 0 Å². The molecule has 2 fully saturated rings. The van der Waals surface area contributed by atoms with Gasteiger partial charge in [0.25, 0.3) is 0 Å². The molecule has 9 heteroatoms. The molecule has 2 saturated heterocycles. The largest absolute Gasteiger partial charge is 0.497 e. The number of benzene rings is 1. The summed E-state index contributed by atoms with van der Waals surface area (Å²) in [5.74, 6) is 0.918. The van der Waals surface area contributed by atoms with E-state index in [9.17, 15) is 9.59 Å². The molecule has 0 aromatic heterocycles. The fourth-order valence-electron chi connectivity index (χ4n) is 3.99. The molecule has 0 spiro atoms. The Morgan fingerprint density at radius 3 is 2.58 bits per heavy atom. The molecule has 2 heterocycles. The van der Waals surface area contributed by atoms with Crippen LogP contribution in [0.2, 0.25) is 0 Å². The Morgan fingerprint density at radius 2 is 1.91 bits per heavy atom. The highest BCUT2D eigenvalue weighted by atomic mass is 16.5. The third-order valence-corrected chi connectivity index (χ3v) is 6.28. The molecule has 1 atom stereocenters. The van der Waals surface area contributed by atoms with E-state index in [-0.39, 0.29) is 11.9 Å². The van der Waals surface area contributed by atoms with Gasteiger partial charge in [0.15, 0.2) is 0 Å². The lowest BCUT2D eigenvalue weighted by atomic mass is 10.0. The van der Waals surface area contributed by atoms with Gasteiger partial charge in [0.05, 0.1) is 40.0 Å². The van der Waals surface area contributed by atoms with Crippen molar-refractivity contribution in [2.75, 3.05) is 78.6 Å². The highest BCUT2D eigenvalue weighted by Gasteiger charge is 2.27. The first-order chi connectivity index (χ1) is 16.1. The Kier molecular flexibility index (Phi) is 10.2. The summed E-state index contributed by atoms with van der Waals surface area (Å²) in [5, 5.41) is 2.90. The minimum absolute atomic E-state index is 0.109. The highest BCUT2D eigenvalue weighted by Crippen LogP contribution is 2.19. The summed E-state index contributed by atoms with van der Waals surface area (Å²) in [4.78, 5) is 30.5. The van der Waals surface area contributed by atoms with Crippen LogP contribution in [-0.4, -0.2) is 106 Å². The van der Waals surface area contributed by atoms with Crippen molar-refractivity contribution in [3.8, 4) is 5.75 Å². The molecular weight excluding hydrogens is 424 g/mol. The fraction of sp³-hybridized carbons (Fsp3) is 0.667. The van der Waals surface area contributed by atoms with E-state index in [1.165, 1.54) is 0 Å². The molecule has 0 aliphatic carbocycles. The first-order valence-corrected chi connectivity index (χ1v) is 11.9. The number of likely N-dealkylation sites (tertiary alicyclic amines) is 1. The number of carbonyl (C=O) groups excluding carboxylic acids is 2. The minimum atomic E-state index is -0.109. The third-order valence-electron chi connectivity index (χ3n) is 6.28. The number of nitrogens with zero attached hydrogens (tertiary/aromatic N) is 3. The van der Waals surface area contributed by atoms with Crippen molar-refractivity contribution < 1.29 is 23.8 Å². The number of morpholine rings is 1. The first kappa shape index (κ1) is 25.3. The van der Waals surface area contributed by atoms with Crippen molar-refractivity contribution in [2.45, 2.75) is 31.7 Å². The van der Waals surface area contributed by atoms with Crippen molar-refractivity contribution in [2.24, 2.45) is 0 Å². The van der Waals surface area contributed by atoms with E-state index in [0.717, 1.165) is 43.8 Å². The highest BCUT2D eigenvalue weighted by molar-refractivity contribution is 5.89. The number of carbonyl (C=O) groups is 2. The van der Waals surface area contributed by atoms with E-state index in [4.69, 9.17) is 14.2 Å². The standard InChI is InChI=1S/C24H38N4O5/c1-26(24(30)25-20-5-7-22(31-2)8-6-20)11-3-4-12-27-13-9-21(27)19-33-16-10-23(29)28-14-17-32-18-15-28/h5-8,21H,3-4,9-19H2,1-2H3,(H,25,30). The maximum absolute atomic E-state index is 12.3. The smallest absolute Gasteiger partial charge is 0.321 e. The third kappa shape index (κ3) is 8.17. The van der Waals surface area contributed by atoms with Crippen molar-refractivity contribution in [1.29, 1.82) is 0 Å². The average molecular weight is 463 g/mol. The second-order valence-electron chi connectivity index (χ2n) is 8.58. The van der Waals surface area contributed by atoms with E-state index in [2.05, 4.69) is 10.2 Å². The number of anilines is 1. The van der Waals surface area contributed by atoms with Crippen LogP contribution in [0.25, 0.3) is 0 Å². The van der Waals surface area contributed by atoms with Gasteiger partial charge in [-0.15, -0.1) is 0 Å². The van der Waals surface area contributed by atoms with Crippen molar-refractivity contribution in [3.63, 3.8) is 0 Å². The number of hydrogen-bond donors (Lipinski definition) is 1. The van der Waals surface area contributed by atoms with Crippen LogP contribution in [0.5, 0.6) is 5.75 Å². The molecule has 1 aromatic carbocycles. The van der Waals surface area contributed by atoms with Crippen LogP contribution in [0.3, 0.4) is 0 Å². The lowest BCUT2D eigenvalue weighted by Crippen LogP contribution is -2.50. The monoisotopic (exact) mass is 462 g/mol. The predicted molar refractivity (Wildman–Crippen MR) is 127 cm³/mol. The SMILES string of the molecule is COc1ccc(NC(=O)N(C)CCCCN2CCC2COCCC(=O)N2CCOCC2)cc1. The molecule has 3 amide bonds. The molecule has 1 unspecified atom stereocenters. The Labute approximate surface area is 196 Å². The van der Waals surface area contributed by atoms with Crippen LogP contribution >= 0.6 is 0 Å². The summed E-state index contributed by atoms with van der Waals surface area (Å²) in [6.45, 7) is 6.61. The molecule has 2 aliphatic rings. The summed E-state index contributed by atoms with van der Waals surface area (Å²) in [5.41, 5.74) is 0.753. The molecule has 0 saturated carbocycles. The molecule has 184 valence electrons. The van der Waals surface area contributed by atoms with Gasteiger partial charge in [0.2, 0.25) is 5.91 Å². The minimum Gasteiger partial charge on any atom is -0.497 e. The van der Waals surface area contributed by atoms with Gasteiger partial charge in [0.1, 0.15) is 5.75 Å². The van der Waals surface area contributed by atoms with Crippen LogP contribution in [-0.2, 0) is 14.3 Å². The molecule has 9 nitrogen and oxygen atoms in total. The quantitative estimate of drug-likeness (QED) is 0.480. The van der Waals surface area contributed by atoms with Gasteiger partial charge in [-0.05, 0) is 50.1 Å². The fourth-order valence-corrected chi connectivity index (χ4v) is 3.99. The molecular formula is C24H38N4O5. The zero-order valence-electron chi connectivity index (χ0n) is 20.0. The van der Waals surface area contributed by atoms with E-state index < -0.39 is 0 Å². The Hall–Kier alpha value is -2.36. The van der Waals surface area contributed by atoms with Crippen molar-refractivity contribution in [1.82, 2.24) is 14.7 Å². The van der Waals surface area contributed by atoms with Gasteiger partial charge in [-0.1, -0.05) is 0 Å². The molecule has 0 radical (unpaired) electrons. The Morgan fingerprint density at radius 1 is 1.15 bits per heavy atom. The number of methoxy groups -OCH3 is 1. The van der Waals surface area contributed by atoms with Gasteiger partial charge in [-0.2, -0.15) is 0 Å². The molecule has 1 aromatic rings. The lowest BCUT2D eigenvalue weighted by molar-refractivity contribution is -0.136. The summed E-state index contributed by atoms with van der Waals surface area (Å²) >= 11 is 0.